The third kappa shape index (κ3) is 2.17. The first-order valence-corrected chi connectivity index (χ1v) is 4.84. The van der Waals surface area contributed by atoms with E-state index in [4.69, 9.17) is 11.6 Å². The predicted octanol–water partition coefficient (Wildman–Crippen LogP) is 1.41. The van der Waals surface area contributed by atoms with Crippen molar-refractivity contribution >= 4 is 23.2 Å². The van der Waals surface area contributed by atoms with Crippen molar-refractivity contribution in [1.82, 2.24) is 20.2 Å². The Kier molecular flexibility index (Phi) is 2.82. The average Bonchev–Trinajstić information content (AvgIpc) is 2.68. The van der Waals surface area contributed by atoms with E-state index in [9.17, 15) is 4.79 Å². The highest BCUT2D eigenvalue weighted by molar-refractivity contribution is 6.33. The second-order valence-corrected chi connectivity index (χ2v) is 3.46. The molecule has 2 rings (SSSR count). The molecule has 2 heterocycles. The molecule has 82 valence electrons. The first-order chi connectivity index (χ1) is 7.66. The molecule has 2 N–H and O–H groups in total. The zero-order chi connectivity index (χ0) is 11.5. The number of H-pyrrole nitrogens is 1. The topological polar surface area (TPSA) is 83.6 Å². The highest BCUT2D eigenvalue weighted by Crippen LogP contribution is 2.19. The molecule has 6 nitrogen and oxygen atoms in total. The number of amides is 1. The number of hydrogen-bond acceptors (Lipinski definition) is 4. The Labute approximate surface area is 96.1 Å². The second kappa shape index (κ2) is 4.28. The fourth-order valence-electron chi connectivity index (χ4n) is 1.09. The van der Waals surface area contributed by atoms with Crippen LogP contribution in [0.2, 0.25) is 5.02 Å². The zero-order valence-corrected chi connectivity index (χ0v) is 9.12. The molecular formula is C9H8ClN5O. The van der Waals surface area contributed by atoms with E-state index in [1.165, 1.54) is 12.4 Å². The van der Waals surface area contributed by atoms with Gasteiger partial charge in [0.05, 0.1) is 16.9 Å². The number of nitrogens with zero attached hydrogens (tertiary/aromatic N) is 3. The third-order valence-corrected chi connectivity index (χ3v) is 2.15. The minimum atomic E-state index is -0.431. The number of aryl methyl sites for hydroxylation is 1. The number of aromatic amines is 1. The van der Waals surface area contributed by atoms with E-state index in [2.05, 4.69) is 25.5 Å². The molecule has 2 aromatic rings. The van der Waals surface area contributed by atoms with Crippen molar-refractivity contribution in [3.05, 3.63) is 35.1 Å². The SMILES string of the molecule is Cc1nc(C(=O)Nc2cnccc2Cl)n[nH]1. The molecule has 0 aliphatic heterocycles. The molecule has 0 unspecified atom stereocenters. The number of pyridine rings is 1. The normalized spacial score (nSPS) is 10.1. The quantitative estimate of drug-likeness (QED) is 0.827. The molecule has 0 fully saturated rings. The molecule has 0 spiro atoms. The molecule has 0 saturated heterocycles. The Morgan fingerprint density at radius 1 is 1.56 bits per heavy atom. The average molecular weight is 238 g/mol. The van der Waals surface area contributed by atoms with Gasteiger partial charge in [-0.3, -0.25) is 14.9 Å². The van der Waals surface area contributed by atoms with Gasteiger partial charge in [-0.2, -0.15) is 0 Å². The lowest BCUT2D eigenvalue weighted by Crippen LogP contribution is -2.14. The lowest BCUT2D eigenvalue weighted by atomic mass is 10.4. The maximum absolute atomic E-state index is 11.6. The molecule has 0 saturated carbocycles. The van der Waals surface area contributed by atoms with Gasteiger partial charge in [-0.1, -0.05) is 11.6 Å². The molecule has 0 atom stereocenters. The predicted molar refractivity (Wildman–Crippen MR) is 58.3 cm³/mol. The summed E-state index contributed by atoms with van der Waals surface area (Å²) in [4.78, 5) is 19.4. The lowest BCUT2D eigenvalue weighted by Gasteiger charge is -2.03. The number of aromatic nitrogens is 4. The summed E-state index contributed by atoms with van der Waals surface area (Å²) in [6.45, 7) is 1.71. The highest BCUT2D eigenvalue weighted by Gasteiger charge is 2.12. The van der Waals surface area contributed by atoms with Gasteiger partial charge in [-0.05, 0) is 13.0 Å². The van der Waals surface area contributed by atoms with Crippen LogP contribution in [-0.2, 0) is 0 Å². The van der Waals surface area contributed by atoms with Gasteiger partial charge in [0.25, 0.3) is 5.91 Å². The molecule has 0 radical (unpaired) electrons. The number of carbonyl (C=O) groups excluding carboxylic acids is 1. The van der Waals surface area contributed by atoms with Gasteiger partial charge in [0, 0.05) is 6.20 Å². The van der Waals surface area contributed by atoms with Crippen molar-refractivity contribution < 1.29 is 4.79 Å². The first-order valence-electron chi connectivity index (χ1n) is 4.46. The Bertz CT molecular complexity index is 524. The summed E-state index contributed by atoms with van der Waals surface area (Å²) in [5.74, 6) is 0.208. The van der Waals surface area contributed by atoms with E-state index in [0.29, 0.717) is 16.5 Å². The maximum Gasteiger partial charge on any atom is 0.295 e. The van der Waals surface area contributed by atoms with Crippen LogP contribution in [0.4, 0.5) is 5.69 Å². The number of anilines is 1. The van der Waals surface area contributed by atoms with Crippen LogP contribution in [0, 0.1) is 6.92 Å². The summed E-state index contributed by atoms with van der Waals surface area (Å²) < 4.78 is 0. The van der Waals surface area contributed by atoms with Crippen LogP contribution in [0.1, 0.15) is 16.4 Å². The Morgan fingerprint density at radius 2 is 2.38 bits per heavy atom. The van der Waals surface area contributed by atoms with Crippen LogP contribution in [0.5, 0.6) is 0 Å². The fraction of sp³-hybridized carbons (Fsp3) is 0.111. The van der Waals surface area contributed by atoms with E-state index >= 15 is 0 Å². The van der Waals surface area contributed by atoms with Crippen LogP contribution >= 0.6 is 11.6 Å². The van der Waals surface area contributed by atoms with Gasteiger partial charge in [0.15, 0.2) is 0 Å². The van der Waals surface area contributed by atoms with Crippen molar-refractivity contribution in [2.24, 2.45) is 0 Å². The zero-order valence-electron chi connectivity index (χ0n) is 8.36. The van der Waals surface area contributed by atoms with Crippen LogP contribution in [0.25, 0.3) is 0 Å². The Balaban J connectivity index is 2.17. The van der Waals surface area contributed by atoms with Crippen LogP contribution < -0.4 is 5.32 Å². The molecule has 2 aromatic heterocycles. The Hall–Kier alpha value is -1.95. The van der Waals surface area contributed by atoms with Gasteiger partial charge in [-0.25, -0.2) is 4.98 Å². The van der Waals surface area contributed by atoms with E-state index in [1.807, 2.05) is 0 Å². The minimum absolute atomic E-state index is 0.0671. The van der Waals surface area contributed by atoms with Crippen LogP contribution in [0.15, 0.2) is 18.5 Å². The number of halogens is 1. The molecule has 0 aliphatic carbocycles. The summed E-state index contributed by atoms with van der Waals surface area (Å²) in [5, 5.41) is 9.28. The summed E-state index contributed by atoms with van der Waals surface area (Å²) >= 11 is 5.86. The standard InChI is InChI=1S/C9H8ClN5O/c1-5-12-8(15-14-5)9(16)13-7-4-11-3-2-6(7)10/h2-4H,1H3,(H,13,16)(H,12,14,15). The molecular weight excluding hydrogens is 230 g/mol. The van der Waals surface area contributed by atoms with E-state index in [-0.39, 0.29) is 5.82 Å². The summed E-state index contributed by atoms with van der Waals surface area (Å²) in [7, 11) is 0. The molecule has 0 bridgehead atoms. The number of rotatable bonds is 2. The van der Waals surface area contributed by atoms with E-state index < -0.39 is 5.91 Å². The molecule has 0 aromatic carbocycles. The molecule has 7 heteroatoms. The maximum atomic E-state index is 11.6. The molecule has 16 heavy (non-hydrogen) atoms. The number of carbonyl (C=O) groups is 1. The van der Waals surface area contributed by atoms with Crippen molar-refractivity contribution in [1.29, 1.82) is 0 Å². The van der Waals surface area contributed by atoms with Crippen molar-refractivity contribution in [3.8, 4) is 0 Å². The van der Waals surface area contributed by atoms with Crippen LogP contribution in [0.3, 0.4) is 0 Å². The first kappa shape index (κ1) is 10.6. The Morgan fingerprint density at radius 3 is 3.00 bits per heavy atom. The van der Waals surface area contributed by atoms with Crippen molar-refractivity contribution in [3.63, 3.8) is 0 Å². The highest BCUT2D eigenvalue weighted by atomic mass is 35.5. The summed E-state index contributed by atoms with van der Waals surface area (Å²) in [5.41, 5.74) is 0.427. The van der Waals surface area contributed by atoms with Gasteiger partial charge >= 0.3 is 0 Å². The third-order valence-electron chi connectivity index (χ3n) is 1.82. The summed E-state index contributed by atoms with van der Waals surface area (Å²) in [6.07, 6.45) is 2.99. The molecule has 0 aliphatic rings. The van der Waals surface area contributed by atoms with Gasteiger partial charge in [-0.15, -0.1) is 5.10 Å². The monoisotopic (exact) mass is 237 g/mol. The van der Waals surface area contributed by atoms with Gasteiger partial charge in [0.1, 0.15) is 5.82 Å². The van der Waals surface area contributed by atoms with E-state index in [0.717, 1.165) is 0 Å². The number of hydrogen-bond donors (Lipinski definition) is 2. The minimum Gasteiger partial charge on any atom is -0.317 e. The van der Waals surface area contributed by atoms with Crippen LogP contribution in [-0.4, -0.2) is 26.1 Å². The van der Waals surface area contributed by atoms with E-state index in [1.54, 1.807) is 13.0 Å². The van der Waals surface area contributed by atoms with Crippen molar-refractivity contribution in [2.45, 2.75) is 6.92 Å². The second-order valence-electron chi connectivity index (χ2n) is 3.05. The van der Waals surface area contributed by atoms with Crippen molar-refractivity contribution in [2.75, 3.05) is 5.32 Å². The smallest absolute Gasteiger partial charge is 0.295 e. The molecule has 1 amide bonds. The van der Waals surface area contributed by atoms with Gasteiger partial charge in [0.2, 0.25) is 5.82 Å². The van der Waals surface area contributed by atoms with Gasteiger partial charge < -0.3 is 5.32 Å². The fourth-order valence-corrected chi connectivity index (χ4v) is 1.24. The largest absolute Gasteiger partial charge is 0.317 e. The lowest BCUT2D eigenvalue weighted by molar-refractivity contribution is 0.101. The number of nitrogens with one attached hydrogen (secondary N) is 2. The summed E-state index contributed by atoms with van der Waals surface area (Å²) in [6, 6.07) is 1.58.